The van der Waals surface area contributed by atoms with E-state index in [4.69, 9.17) is 9.57 Å². The van der Waals surface area contributed by atoms with Crippen LogP contribution in [-0.2, 0) is 23.9 Å². The molecule has 0 bridgehead atoms. The van der Waals surface area contributed by atoms with Crippen molar-refractivity contribution >= 4 is 11.9 Å². The molecule has 0 aliphatic heterocycles. The topological polar surface area (TPSA) is 73.9 Å². The Kier molecular flexibility index (Phi) is 7.66. The van der Waals surface area contributed by atoms with Crippen molar-refractivity contribution in [3.05, 3.63) is 24.3 Å². The second kappa shape index (κ2) is 8.49. The van der Waals surface area contributed by atoms with E-state index >= 15 is 0 Å². The maximum atomic E-state index is 10.9. The third kappa shape index (κ3) is 8.18. The highest BCUT2D eigenvalue weighted by Gasteiger charge is 2.03. The molecule has 0 aromatic heterocycles. The first-order chi connectivity index (χ1) is 7.95. The molecule has 0 saturated heterocycles. The minimum absolute atomic E-state index is 0.0904. The summed E-state index contributed by atoms with van der Waals surface area (Å²) in [5.41, 5.74) is 3.01. The molecule has 0 rings (SSSR count). The molecule has 6 nitrogen and oxygen atoms in total. The predicted octanol–water partition coefficient (Wildman–Crippen LogP) is 0.704. The number of esters is 2. The number of carbonyl (C=O) groups is 2. The molecule has 0 aliphatic carbocycles. The molecule has 0 aromatic rings. The number of hydrogen-bond donors (Lipinski definition) is 1. The van der Waals surface area contributed by atoms with Gasteiger partial charge in [-0.2, -0.15) is 5.48 Å². The van der Waals surface area contributed by atoms with E-state index in [9.17, 15) is 9.59 Å². The lowest BCUT2D eigenvalue weighted by molar-refractivity contribution is -0.147. The number of hydrogen-bond acceptors (Lipinski definition) is 6. The van der Waals surface area contributed by atoms with Crippen LogP contribution in [0.5, 0.6) is 0 Å². The molecule has 6 heteroatoms. The van der Waals surface area contributed by atoms with Crippen LogP contribution < -0.4 is 5.48 Å². The minimum atomic E-state index is -0.505. The maximum Gasteiger partial charge on any atom is 0.334 e. The van der Waals surface area contributed by atoms with Gasteiger partial charge in [0, 0.05) is 11.1 Å². The van der Waals surface area contributed by atoms with Crippen molar-refractivity contribution in [2.45, 2.75) is 13.8 Å². The van der Waals surface area contributed by atoms with Gasteiger partial charge in [-0.25, -0.2) is 9.59 Å². The van der Waals surface area contributed by atoms with Gasteiger partial charge < -0.3 is 9.47 Å². The molecule has 17 heavy (non-hydrogen) atoms. The van der Waals surface area contributed by atoms with Gasteiger partial charge in [0.25, 0.3) is 0 Å². The van der Waals surface area contributed by atoms with Crippen LogP contribution in [0.15, 0.2) is 24.3 Å². The summed E-state index contributed by atoms with van der Waals surface area (Å²) in [7, 11) is 0. The van der Waals surface area contributed by atoms with E-state index in [1.165, 1.54) is 0 Å². The summed E-state index contributed by atoms with van der Waals surface area (Å²) in [5, 5.41) is 0. The van der Waals surface area contributed by atoms with Crippen LogP contribution >= 0.6 is 0 Å². The van der Waals surface area contributed by atoms with Crippen molar-refractivity contribution in [1.29, 1.82) is 0 Å². The van der Waals surface area contributed by atoms with Crippen molar-refractivity contribution in [2.75, 3.05) is 19.9 Å². The summed E-state index contributed by atoms with van der Waals surface area (Å²) in [5.74, 6) is -0.975. The van der Waals surface area contributed by atoms with Crippen LogP contribution in [0.4, 0.5) is 0 Å². The second-order valence-corrected chi connectivity index (χ2v) is 3.27. The predicted molar refractivity (Wildman–Crippen MR) is 60.6 cm³/mol. The van der Waals surface area contributed by atoms with Crippen LogP contribution in [0, 0.1) is 0 Å². The fourth-order valence-electron chi connectivity index (χ4n) is 0.631. The Morgan fingerprint density at radius 2 is 1.53 bits per heavy atom. The number of rotatable bonds is 8. The lowest BCUT2D eigenvalue weighted by atomic mass is 10.4. The average molecular weight is 243 g/mol. The summed E-state index contributed by atoms with van der Waals surface area (Å²) < 4.78 is 9.42. The monoisotopic (exact) mass is 243 g/mol. The molecule has 0 saturated carbocycles. The molecular weight excluding hydrogens is 226 g/mol. The van der Waals surface area contributed by atoms with Crippen molar-refractivity contribution in [3.63, 3.8) is 0 Å². The molecule has 0 unspecified atom stereocenters. The summed E-state index contributed by atoms with van der Waals surface area (Å²) in [6, 6.07) is 0. The number of nitrogens with one attached hydrogen (secondary N) is 1. The molecule has 0 heterocycles. The largest absolute Gasteiger partial charge is 0.460 e. The smallest absolute Gasteiger partial charge is 0.334 e. The van der Waals surface area contributed by atoms with Gasteiger partial charge in [-0.05, 0) is 13.8 Å². The third-order valence-corrected chi connectivity index (χ3v) is 1.48. The van der Waals surface area contributed by atoms with Gasteiger partial charge in [0.15, 0.2) is 6.73 Å². The summed E-state index contributed by atoms with van der Waals surface area (Å²) in [4.78, 5) is 26.6. The lowest BCUT2D eigenvalue weighted by Crippen LogP contribution is -2.24. The number of carbonyl (C=O) groups excluding carboxylic acids is 2. The normalized spacial score (nSPS) is 9.53. The lowest BCUT2D eigenvalue weighted by Gasteiger charge is -2.07. The van der Waals surface area contributed by atoms with E-state index < -0.39 is 11.9 Å². The van der Waals surface area contributed by atoms with Crippen LogP contribution in [0.3, 0.4) is 0 Å². The first-order valence-electron chi connectivity index (χ1n) is 4.95. The average Bonchev–Trinajstić information content (AvgIpc) is 2.26. The number of hydroxylamine groups is 1. The molecule has 0 spiro atoms. The van der Waals surface area contributed by atoms with Gasteiger partial charge in [-0.1, -0.05) is 13.2 Å². The Bertz CT molecular complexity index is 281. The number of ether oxygens (including phenoxy) is 2. The molecule has 0 atom stereocenters. The summed E-state index contributed by atoms with van der Waals surface area (Å²) in [6.07, 6.45) is 0. The van der Waals surface area contributed by atoms with Gasteiger partial charge >= 0.3 is 11.9 Å². The first kappa shape index (κ1) is 15.3. The van der Waals surface area contributed by atoms with Crippen molar-refractivity contribution in [1.82, 2.24) is 5.48 Å². The summed E-state index contributed by atoms with van der Waals surface area (Å²) >= 11 is 0. The van der Waals surface area contributed by atoms with E-state index in [1.54, 1.807) is 13.8 Å². The molecule has 0 amide bonds. The van der Waals surface area contributed by atoms with Crippen LogP contribution in [0.1, 0.15) is 13.8 Å². The van der Waals surface area contributed by atoms with Gasteiger partial charge in [0.1, 0.15) is 13.2 Å². The van der Waals surface area contributed by atoms with E-state index in [1.807, 2.05) is 0 Å². The van der Waals surface area contributed by atoms with E-state index in [2.05, 4.69) is 23.4 Å². The zero-order valence-corrected chi connectivity index (χ0v) is 10.1. The second-order valence-electron chi connectivity index (χ2n) is 3.27. The van der Waals surface area contributed by atoms with E-state index in [0.717, 1.165) is 0 Å². The molecule has 0 aliphatic rings. The van der Waals surface area contributed by atoms with Crippen molar-refractivity contribution < 1.29 is 23.9 Å². The highest BCUT2D eigenvalue weighted by Crippen LogP contribution is 1.91. The highest BCUT2D eigenvalue weighted by molar-refractivity contribution is 5.87. The van der Waals surface area contributed by atoms with Crippen LogP contribution in [0.2, 0.25) is 0 Å². The Morgan fingerprint density at radius 1 is 1.00 bits per heavy atom. The van der Waals surface area contributed by atoms with E-state index in [-0.39, 0.29) is 19.9 Å². The fraction of sp³-hybridized carbons (Fsp3) is 0.455. The molecule has 96 valence electrons. The van der Waals surface area contributed by atoms with Gasteiger partial charge in [-0.15, -0.1) is 0 Å². The Balaban J connectivity index is 3.36. The third-order valence-electron chi connectivity index (χ3n) is 1.48. The van der Waals surface area contributed by atoms with Gasteiger partial charge in [-0.3, -0.25) is 4.84 Å². The zero-order valence-electron chi connectivity index (χ0n) is 10.1. The summed E-state index contributed by atoms with van der Waals surface area (Å²) in [6.45, 7) is 10.1. The van der Waals surface area contributed by atoms with Crippen molar-refractivity contribution in [3.8, 4) is 0 Å². The SMILES string of the molecule is C=C(C)C(=O)OCCONCOC(=O)C(=C)C. The Morgan fingerprint density at radius 3 is 2.06 bits per heavy atom. The highest BCUT2D eigenvalue weighted by atomic mass is 16.7. The molecular formula is C11H17NO5. The fourth-order valence-corrected chi connectivity index (χ4v) is 0.631. The first-order valence-corrected chi connectivity index (χ1v) is 4.95. The molecule has 0 fully saturated rings. The Labute approximate surface area is 100 Å². The van der Waals surface area contributed by atoms with Crippen LogP contribution in [0.25, 0.3) is 0 Å². The van der Waals surface area contributed by atoms with Gasteiger partial charge in [0.05, 0.1) is 0 Å². The molecule has 0 aromatic carbocycles. The van der Waals surface area contributed by atoms with Crippen LogP contribution in [-0.4, -0.2) is 31.9 Å². The molecule has 1 N–H and O–H groups in total. The maximum absolute atomic E-state index is 10.9. The Hall–Kier alpha value is -1.66. The van der Waals surface area contributed by atoms with E-state index in [0.29, 0.717) is 11.1 Å². The molecule has 0 radical (unpaired) electrons. The van der Waals surface area contributed by atoms with Crippen molar-refractivity contribution in [2.24, 2.45) is 0 Å². The zero-order chi connectivity index (χ0) is 13.3. The van der Waals surface area contributed by atoms with Gasteiger partial charge in [0.2, 0.25) is 0 Å². The quantitative estimate of drug-likeness (QED) is 0.222. The minimum Gasteiger partial charge on any atom is -0.460 e. The standard InChI is InChI=1S/C11H17NO5/c1-8(2)10(13)15-5-6-17-12-7-16-11(14)9(3)4/h12H,1,3,5-7H2,2,4H3.